The Kier molecular flexibility index (Phi) is 4.13. The van der Waals surface area contributed by atoms with Gasteiger partial charge in [0, 0.05) is 18.7 Å². The van der Waals surface area contributed by atoms with E-state index in [0.29, 0.717) is 0 Å². The van der Waals surface area contributed by atoms with Crippen molar-refractivity contribution in [2.45, 2.75) is 46.5 Å². The summed E-state index contributed by atoms with van der Waals surface area (Å²) >= 11 is 0. The molecule has 0 spiro atoms. The lowest BCUT2D eigenvalue weighted by Crippen LogP contribution is -2.27. The summed E-state index contributed by atoms with van der Waals surface area (Å²) in [5.74, 6) is 0. The molecule has 0 amide bonds. The van der Waals surface area contributed by atoms with Crippen LogP contribution in [0.4, 0.5) is 0 Å². The molecule has 17 heavy (non-hydrogen) atoms. The van der Waals surface area contributed by atoms with Crippen LogP contribution in [0.25, 0.3) is 0 Å². The Morgan fingerprint density at radius 2 is 1.59 bits per heavy atom. The Morgan fingerprint density at radius 1 is 1.06 bits per heavy atom. The Balaban J connectivity index is 2.91. The van der Waals surface area contributed by atoms with E-state index in [1.807, 2.05) is 7.05 Å². The second-order valence-electron chi connectivity index (χ2n) is 6.30. The largest absolute Gasteiger partial charge is 0.300 e. The third-order valence-electron chi connectivity index (χ3n) is 3.21. The van der Waals surface area contributed by atoms with Crippen LogP contribution < -0.4 is 0 Å². The van der Waals surface area contributed by atoms with Gasteiger partial charge in [-0.25, -0.2) is 0 Å². The lowest BCUT2D eigenvalue weighted by Gasteiger charge is -2.33. The van der Waals surface area contributed by atoms with Crippen LogP contribution in [0.5, 0.6) is 0 Å². The van der Waals surface area contributed by atoms with E-state index in [4.69, 9.17) is 0 Å². The van der Waals surface area contributed by atoms with Gasteiger partial charge in [-0.05, 0) is 24.3 Å². The highest BCUT2D eigenvalue weighted by molar-refractivity contribution is 5.64. The maximum Gasteiger partial charge on any atom is 0.0273 e. The third-order valence-corrected chi connectivity index (χ3v) is 3.21. The molecular weight excluding hydrogens is 206 g/mol. The summed E-state index contributed by atoms with van der Waals surface area (Å²) in [4.78, 5) is 4.17. The number of rotatable bonds is 4. The average Bonchev–Trinajstić information content (AvgIpc) is 2.16. The fourth-order valence-corrected chi connectivity index (χ4v) is 2.64. The minimum absolute atomic E-state index is 0.142. The lowest BCUT2D eigenvalue weighted by molar-refractivity contribution is 0.349. The van der Waals surface area contributed by atoms with Crippen molar-refractivity contribution >= 4 is 6.21 Å². The fraction of sp³-hybridized carbons (Fsp3) is 0.562. The minimum atomic E-state index is 0.142. The van der Waals surface area contributed by atoms with Crippen LogP contribution in [0.15, 0.2) is 29.3 Å². The normalized spacial score (nSPS) is 13.3. The highest BCUT2D eigenvalue weighted by Gasteiger charge is 2.28. The molecule has 0 aliphatic carbocycles. The molecule has 0 aliphatic rings. The van der Waals surface area contributed by atoms with Crippen LogP contribution in [0.3, 0.4) is 0 Å². The van der Waals surface area contributed by atoms with E-state index in [2.05, 4.69) is 70.1 Å². The van der Waals surface area contributed by atoms with Crippen LogP contribution >= 0.6 is 0 Å². The van der Waals surface area contributed by atoms with Crippen molar-refractivity contribution in [2.24, 2.45) is 10.4 Å². The van der Waals surface area contributed by atoms with Crippen molar-refractivity contribution in [3.63, 3.8) is 0 Å². The SMILES string of the molecule is CN=CC(C)(C)CC(C)(C)c1ccc(C)cc1. The molecule has 0 saturated heterocycles. The predicted octanol–water partition coefficient (Wildman–Crippen LogP) is 4.39. The maximum atomic E-state index is 4.17. The first-order valence-corrected chi connectivity index (χ1v) is 6.27. The average molecular weight is 231 g/mol. The van der Waals surface area contributed by atoms with E-state index in [0.717, 1.165) is 6.42 Å². The highest BCUT2D eigenvalue weighted by Crippen LogP contribution is 2.35. The summed E-state index contributed by atoms with van der Waals surface area (Å²) in [5, 5.41) is 0. The first-order chi connectivity index (χ1) is 7.77. The molecule has 1 nitrogen and oxygen atoms in total. The molecule has 0 fully saturated rings. The Morgan fingerprint density at radius 3 is 2.06 bits per heavy atom. The minimum Gasteiger partial charge on any atom is -0.300 e. The van der Waals surface area contributed by atoms with Crippen LogP contribution in [0.1, 0.15) is 45.2 Å². The van der Waals surface area contributed by atoms with E-state index < -0.39 is 0 Å². The van der Waals surface area contributed by atoms with E-state index in [1.165, 1.54) is 11.1 Å². The lowest BCUT2D eigenvalue weighted by atomic mass is 9.72. The molecule has 0 aliphatic heterocycles. The quantitative estimate of drug-likeness (QED) is 0.681. The van der Waals surface area contributed by atoms with E-state index >= 15 is 0 Å². The topological polar surface area (TPSA) is 12.4 Å². The molecule has 1 aromatic carbocycles. The smallest absolute Gasteiger partial charge is 0.0273 e. The van der Waals surface area contributed by atoms with Crippen molar-refractivity contribution in [2.75, 3.05) is 7.05 Å². The second kappa shape index (κ2) is 5.03. The maximum absolute atomic E-state index is 4.17. The van der Waals surface area contributed by atoms with E-state index in [9.17, 15) is 0 Å². The van der Waals surface area contributed by atoms with Crippen LogP contribution in [0, 0.1) is 12.3 Å². The molecule has 0 saturated carbocycles. The summed E-state index contributed by atoms with van der Waals surface area (Å²) in [7, 11) is 1.85. The van der Waals surface area contributed by atoms with Gasteiger partial charge in [-0.1, -0.05) is 57.5 Å². The zero-order chi connectivity index (χ0) is 13.1. The van der Waals surface area contributed by atoms with Crippen molar-refractivity contribution in [1.29, 1.82) is 0 Å². The number of aryl methyl sites for hydroxylation is 1. The molecule has 94 valence electrons. The van der Waals surface area contributed by atoms with Crippen LogP contribution in [-0.4, -0.2) is 13.3 Å². The number of benzene rings is 1. The summed E-state index contributed by atoms with van der Waals surface area (Å²) in [6, 6.07) is 8.87. The first-order valence-electron chi connectivity index (χ1n) is 6.27. The number of hydrogen-bond acceptors (Lipinski definition) is 1. The van der Waals surface area contributed by atoms with Gasteiger partial charge in [0.2, 0.25) is 0 Å². The van der Waals surface area contributed by atoms with Crippen molar-refractivity contribution in [1.82, 2.24) is 0 Å². The molecular formula is C16H25N. The predicted molar refractivity (Wildman–Crippen MR) is 77.0 cm³/mol. The Labute approximate surface area is 106 Å². The Bertz CT molecular complexity index is 382. The van der Waals surface area contributed by atoms with Gasteiger partial charge < -0.3 is 4.99 Å². The van der Waals surface area contributed by atoms with Gasteiger partial charge in [-0.2, -0.15) is 0 Å². The molecule has 0 aromatic heterocycles. The Hall–Kier alpha value is -1.11. The standard InChI is InChI=1S/C16H25N/c1-13-7-9-14(10-8-13)16(4,5)11-15(2,3)12-17-6/h7-10,12H,11H2,1-6H3. The number of nitrogens with zero attached hydrogens (tertiary/aromatic N) is 1. The summed E-state index contributed by atoms with van der Waals surface area (Å²) in [6.07, 6.45) is 3.16. The van der Waals surface area contributed by atoms with Gasteiger partial charge >= 0.3 is 0 Å². The van der Waals surface area contributed by atoms with Crippen molar-refractivity contribution in [3.8, 4) is 0 Å². The zero-order valence-corrected chi connectivity index (χ0v) is 12.0. The molecule has 0 atom stereocenters. The molecule has 1 rings (SSSR count). The number of aliphatic imine (C=N–C) groups is 1. The van der Waals surface area contributed by atoms with Gasteiger partial charge in [-0.15, -0.1) is 0 Å². The molecule has 1 heteroatoms. The van der Waals surface area contributed by atoms with Crippen molar-refractivity contribution in [3.05, 3.63) is 35.4 Å². The van der Waals surface area contributed by atoms with Gasteiger partial charge in [0.15, 0.2) is 0 Å². The van der Waals surface area contributed by atoms with Gasteiger partial charge in [0.05, 0.1) is 0 Å². The van der Waals surface area contributed by atoms with Gasteiger partial charge in [0.1, 0.15) is 0 Å². The first kappa shape index (κ1) is 14.0. The summed E-state index contributed by atoms with van der Waals surface area (Å²) in [6.45, 7) is 11.2. The number of hydrogen-bond donors (Lipinski definition) is 0. The molecule has 0 heterocycles. The van der Waals surface area contributed by atoms with E-state index in [-0.39, 0.29) is 10.8 Å². The summed E-state index contributed by atoms with van der Waals surface area (Å²) in [5.41, 5.74) is 3.04. The molecule has 0 bridgehead atoms. The monoisotopic (exact) mass is 231 g/mol. The van der Waals surface area contributed by atoms with Gasteiger partial charge in [-0.3, -0.25) is 0 Å². The molecule has 1 aromatic rings. The molecule has 0 radical (unpaired) electrons. The van der Waals surface area contributed by atoms with Crippen molar-refractivity contribution < 1.29 is 0 Å². The third kappa shape index (κ3) is 3.99. The van der Waals surface area contributed by atoms with Crippen LogP contribution in [-0.2, 0) is 5.41 Å². The second-order valence-corrected chi connectivity index (χ2v) is 6.30. The summed E-state index contributed by atoms with van der Waals surface area (Å²) < 4.78 is 0. The van der Waals surface area contributed by atoms with Gasteiger partial charge in [0.25, 0.3) is 0 Å². The zero-order valence-electron chi connectivity index (χ0n) is 12.0. The molecule has 0 unspecified atom stereocenters. The van der Waals surface area contributed by atoms with E-state index in [1.54, 1.807) is 0 Å². The fourth-order valence-electron chi connectivity index (χ4n) is 2.64. The van der Waals surface area contributed by atoms with Crippen LogP contribution in [0.2, 0.25) is 0 Å². The molecule has 0 N–H and O–H groups in total. The highest BCUT2D eigenvalue weighted by atomic mass is 14.7.